The molecule has 3 rings (SSSR count). The summed E-state index contributed by atoms with van der Waals surface area (Å²) in [6.45, 7) is 7.93. The summed E-state index contributed by atoms with van der Waals surface area (Å²) in [7, 11) is 3.99. The van der Waals surface area contributed by atoms with E-state index in [1.807, 2.05) is 59.1 Å². The summed E-state index contributed by atoms with van der Waals surface area (Å²) in [6, 6.07) is 7.85. The van der Waals surface area contributed by atoms with Gasteiger partial charge in [-0.1, -0.05) is 17.4 Å². The molecule has 150 valence electrons. The number of carbonyl (C=O) groups excluding carboxylic acids is 1. The van der Waals surface area contributed by atoms with Crippen LogP contribution in [0.3, 0.4) is 0 Å². The average molecular weight is 402 g/mol. The smallest absolute Gasteiger partial charge is 0.250 e. The van der Waals surface area contributed by atoms with E-state index in [1.54, 1.807) is 9.58 Å². The molecule has 28 heavy (non-hydrogen) atoms. The molecule has 0 radical (unpaired) electrons. The summed E-state index contributed by atoms with van der Waals surface area (Å²) in [4.78, 5) is 21.7. The average Bonchev–Trinajstić information content (AvgIpc) is 3.18. The predicted molar refractivity (Wildman–Crippen MR) is 113 cm³/mol. The third-order valence-electron chi connectivity index (χ3n) is 4.36. The van der Waals surface area contributed by atoms with E-state index in [0.29, 0.717) is 18.3 Å². The summed E-state index contributed by atoms with van der Waals surface area (Å²) in [5.41, 5.74) is 2.69. The van der Waals surface area contributed by atoms with Gasteiger partial charge < -0.3 is 9.64 Å². The van der Waals surface area contributed by atoms with Gasteiger partial charge in [0.2, 0.25) is 0 Å². The zero-order valence-electron chi connectivity index (χ0n) is 17.1. The van der Waals surface area contributed by atoms with E-state index < -0.39 is 0 Å². The molecule has 0 saturated carbocycles. The number of fused-ring (bicyclic) bond motifs is 1. The van der Waals surface area contributed by atoms with Crippen LogP contribution in [-0.2, 0) is 11.3 Å². The molecule has 8 heteroatoms. The molecule has 0 spiro atoms. The second-order valence-corrected chi connectivity index (χ2v) is 7.97. The molecule has 0 bridgehead atoms. The number of para-hydroxylation sites is 1. The molecule has 0 aliphatic heterocycles. The van der Waals surface area contributed by atoms with E-state index in [9.17, 15) is 4.79 Å². The van der Waals surface area contributed by atoms with Gasteiger partial charge in [-0.05, 0) is 53.1 Å². The zero-order chi connectivity index (χ0) is 20.3. The van der Waals surface area contributed by atoms with Gasteiger partial charge in [0.1, 0.15) is 17.8 Å². The summed E-state index contributed by atoms with van der Waals surface area (Å²) in [5.74, 6) is 0.728. The van der Waals surface area contributed by atoms with E-state index >= 15 is 0 Å². The lowest BCUT2D eigenvalue weighted by Crippen LogP contribution is -2.39. The Balaban J connectivity index is 1.92. The molecule has 2 aromatic heterocycles. The van der Waals surface area contributed by atoms with Gasteiger partial charge in [-0.25, -0.2) is 4.98 Å². The van der Waals surface area contributed by atoms with Crippen molar-refractivity contribution in [3.8, 4) is 5.75 Å². The van der Waals surface area contributed by atoms with Crippen molar-refractivity contribution in [3.63, 3.8) is 0 Å². The Morgan fingerprint density at radius 1 is 1.25 bits per heavy atom. The zero-order valence-corrected chi connectivity index (χ0v) is 17.9. The minimum absolute atomic E-state index is 0.0231. The number of hydrogen-bond donors (Lipinski definition) is 0. The van der Waals surface area contributed by atoms with Gasteiger partial charge in [-0.15, -0.1) is 0 Å². The number of rotatable bonds is 8. The van der Waals surface area contributed by atoms with Crippen LogP contribution in [0.1, 0.15) is 18.3 Å². The Hall–Kier alpha value is -2.45. The molecule has 7 nitrogen and oxygen atoms in total. The fraction of sp³-hybridized carbons (Fsp3) is 0.450. The first-order valence-electron chi connectivity index (χ1n) is 9.37. The number of anilines is 1. The van der Waals surface area contributed by atoms with Gasteiger partial charge in [0, 0.05) is 18.8 Å². The predicted octanol–water partition coefficient (Wildman–Crippen LogP) is 3.10. The second kappa shape index (κ2) is 8.70. The minimum Gasteiger partial charge on any atom is -0.492 e. The maximum Gasteiger partial charge on any atom is 0.250 e. The lowest BCUT2D eigenvalue weighted by atomic mass is 10.3. The molecular formula is C20H27N5O2S. The Kier molecular flexibility index (Phi) is 6.31. The summed E-state index contributed by atoms with van der Waals surface area (Å²) in [5, 5.41) is 5.11. The lowest BCUT2D eigenvalue weighted by molar-refractivity contribution is -0.119. The molecular weight excluding hydrogens is 374 g/mol. The Labute approximate surface area is 169 Å². The molecule has 2 heterocycles. The fourth-order valence-corrected chi connectivity index (χ4v) is 4.00. The number of ether oxygens (including phenoxy) is 1. The number of carbonyl (C=O) groups is 1. The first-order valence-corrected chi connectivity index (χ1v) is 10.2. The number of nitrogens with zero attached hydrogens (tertiary/aromatic N) is 5. The normalized spacial score (nSPS) is 11.4. The van der Waals surface area contributed by atoms with E-state index in [2.05, 4.69) is 10.00 Å². The number of aryl methyl sites for hydroxylation is 2. The SMILES string of the molecule is CCOc1cccc2sc(N(CCN(C)C)C(=O)Cn3nc(C)cc3C)nc12. The fourth-order valence-electron chi connectivity index (χ4n) is 2.97. The molecule has 0 atom stereocenters. The maximum absolute atomic E-state index is 13.2. The summed E-state index contributed by atoms with van der Waals surface area (Å²) >= 11 is 1.51. The van der Waals surface area contributed by atoms with Crippen LogP contribution in [0.15, 0.2) is 24.3 Å². The van der Waals surface area contributed by atoms with Crippen molar-refractivity contribution >= 4 is 32.6 Å². The highest BCUT2D eigenvalue weighted by molar-refractivity contribution is 7.22. The third-order valence-corrected chi connectivity index (χ3v) is 5.41. The van der Waals surface area contributed by atoms with Crippen molar-refractivity contribution < 1.29 is 9.53 Å². The third kappa shape index (κ3) is 4.51. The van der Waals surface area contributed by atoms with E-state index in [-0.39, 0.29) is 12.5 Å². The van der Waals surface area contributed by atoms with Gasteiger partial charge in [0.05, 0.1) is 17.0 Å². The first kappa shape index (κ1) is 20.3. The van der Waals surface area contributed by atoms with Crippen molar-refractivity contribution in [1.82, 2.24) is 19.7 Å². The highest BCUT2D eigenvalue weighted by atomic mass is 32.1. The largest absolute Gasteiger partial charge is 0.492 e. The number of amides is 1. The molecule has 0 fully saturated rings. The highest BCUT2D eigenvalue weighted by Crippen LogP contribution is 2.34. The molecule has 0 aliphatic carbocycles. The quantitative estimate of drug-likeness (QED) is 0.580. The summed E-state index contributed by atoms with van der Waals surface area (Å²) in [6.07, 6.45) is 0. The Morgan fingerprint density at radius 2 is 2.04 bits per heavy atom. The topological polar surface area (TPSA) is 63.5 Å². The van der Waals surface area contributed by atoms with Crippen LogP contribution in [0.5, 0.6) is 5.75 Å². The van der Waals surface area contributed by atoms with Crippen molar-refractivity contribution in [2.24, 2.45) is 0 Å². The Morgan fingerprint density at radius 3 is 2.68 bits per heavy atom. The number of likely N-dealkylation sites (N-methyl/N-ethyl adjacent to an activating group) is 1. The summed E-state index contributed by atoms with van der Waals surface area (Å²) < 4.78 is 8.46. The van der Waals surface area contributed by atoms with Gasteiger partial charge in [0.25, 0.3) is 5.91 Å². The molecule has 0 saturated heterocycles. The number of hydrogen-bond acceptors (Lipinski definition) is 6. The minimum atomic E-state index is -0.0231. The van der Waals surface area contributed by atoms with Crippen LogP contribution < -0.4 is 9.64 Å². The second-order valence-electron chi connectivity index (χ2n) is 6.97. The van der Waals surface area contributed by atoms with Gasteiger partial charge >= 0.3 is 0 Å². The lowest BCUT2D eigenvalue weighted by Gasteiger charge is -2.22. The van der Waals surface area contributed by atoms with Crippen molar-refractivity contribution in [2.45, 2.75) is 27.3 Å². The van der Waals surface area contributed by atoms with E-state index in [1.165, 1.54) is 11.3 Å². The van der Waals surface area contributed by atoms with Crippen LogP contribution in [0.4, 0.5) is 5.13 Å². The highest BCUT2D eigenvalue weighted by Gasteiger charge is 2.22. The van der Waals surface area contributed by atoms with Gasteiger partial charge in [-0.2, -0.15) is 5.10 Å². The molecule has 3 aromatic rings. The standard InChI is InChI=1S/C20H27N5O2S/c1-6-27-16-8-7-9-17-19(16)21-20(28-17)24(11-10-23(4)5)18(26)13-25-15(3)12-14(2)22-25/h7-9,12H,6,10-11,13H2,1-5H3. The van der Waals surface area contributed by atoms with Crippen molar-refractivity contribution in [1.29, 1.82) is 0 Å². The van der Waals surface area contributed by atoms with E-state index in [0.717, 1.165) is 33.9 Å². The molecule has 0 aliphatic rings. The van der Waals surface area contributed by atoms with E-state index in [4.69, 9.17) is 9.72 Å². The van der Waals surface area contributed by atoms with Crippen LogP contribution in [-0.4, -0.2) is 59.4 Å². The van der Waals surface area contributed by atoms with Gasteiger partial charge in [-0.3, -0.25) is 14.4 Å². The molecule has 1 aromatic carbocycles. The molecule has 0 unspecified atom stereocenters. The van der Waals surface area contributed by atoms with Crippen LogP contribution in [0.25, 0.3) is 10.2 Å². The number of benzene rings is 1. The Bertz CT molecular complexity index is 963. The van der Waals surface area contributed by atoms with Crippen LogP contribution >= 0.6 is 11.3 Å². The molecule has 1 amide bonds. The number of aromatic nitrogens is 3. The number of thiazole rings is 1. The van der Waals surface area contributed by atoms with Crippen molar-refractivity contribution in [2.75, 3.05) is 38.7 Å². The van der Waals surface area contributed by atoms with Gasteiger partial charge in [0.15, 0.2) is 5.13 Å². The monoisotopic (exact) mass is 401 g/mol. The van der Waals surface area contributed by atoms with Crippen LogP contribution in [0.2, 0.25) is 0 Å². The first-order chi connectivity index (χ1) is 13.4. The maximum atomic E-state index is 13.2. The van der Waals surface area contributed by atoms with Crippen LogP contribution in [0, 0.1) is 13.8 Å². The van der Waals surface area contributed by atoms with Crippen molar-refractivity contribution in [3.05, 3.63) is 35.7 Å². The molecule has 0 N–H and O–H groups in total.